The number of primary amides is 1. The highest BCUT2D eigenvalue weighted by Crippen LogP contribution is 2.28. The molecule has 2 aromatic heterocycles. The number of rotatable bonds is 8. The molecular weight excluding hydrogens is 362 g/mol. The predicted molar refractivity (Wildman–Crippen MR) is 103 cm³/mol. The van der Waals surface area contributed by atoms with Crippen LogP contribution in [-0.2, 0) is 0 Å². The van der Waals surface area contributed by atoms with Gasteiger partial charge in [-0.15, -0.1) is 5.10 Å². The van der Waals surface area contributed by atoms with Crippen LogP contribution in [0.3, 0.4) is 0 Å². The van der Waals surface area contributed by atoms with Crippen LogP contribution in [0.2, 0.25) is 0 Å². The van der Waals surface area contributed by atoms with Gasteiger partial charge in [-0.25, -0.2) is 14.5 Å². The maximum absolute atomic E-state index is 10.6. The summed E-state index contributed by atoms with van der Waals surface area (Å²) in [4.78, 5) is 14.9. The summed E-state index contributed by atoms with van der Waals surface area (Å²) in [5.41, 5.74) is 7.55. The zero-order valence-electron chi connectivity index (χ0n) is 15.6. The minimum Gasteiger partial charge on any atom is -0.492 e. The highest BCUT2D eigenvalue weighted by Gasteiger charge is 2.13. The summed E-state index contributed by atoms with van der Waals surface area (Å²) in [6.07, 6.45) is 1.68. The molecule has 0 atom stereocenters. The summed E-state index contributed by atoms with van der Waals surface area (Å²) in [6.45, 7) is 0.664. The molecule has 0 fully saturated rings. The Balaban J connectivity index is 1.80. The Labute approximate surface area is 162 Å². The maximum atomic E-state index is 10.6. The lowest BCUT2D eigenvalue weighted by Crippen LogP contribution is -2.32. The summed E-state index contributed by atoms with van der Waals surface area (Å²) in [6, 6.07) is 12.4. The fourth-order valence-electron chi connectivity index (χ4n) is 2.55. The molecule has 9 heteroatoms. The van der Waals surface area contributed by atoms with Gasteiger partial charge in [-0.3, -0.25) is 0 Å². The summed E-state index contributed by atoms with van der Waals surface area (Å²) in [7, 11) is 3.14. The molecule has 0 saturated carbocycles. The van der Waals surface area contributed by atoms with Gasteiger partial charge in [-0.1, -0.05) is 0 Å². The Morgan fingerprint density at radius 1 is 1.11 bits per heavy atom. The minimum absolute atomic E-state index is 0.325. The molecule has 0 saturated heterocycles. The normalized spacial score (nSPS) is 10.4. The molecule has 0 unspecified atom stereocenters. The van der Waals surface area contributed by atoms with Crippen molar-refractivity contribution in [3.05, 3.63) is 48.7 Å². The Bertz CT molecular complexity index is 923. The zero-order valence-corrected chi connectivity index (χ0v) is 15.6. The molecule has 0 aliphatic carbocycles. The molecule has 0 bridgehead atoms. The van der Waals surface area contributed by atoms with Crippen LogP contribution in [0.1, 0.15) is 0 Å². The van der Waals surface area contributed by atoms with Gasteiger partial charge in [-0.2, -0.15) is 0 Å². The van der Waals surface area contributed by atoms with Crippen LogP contribution in [0.5, 0.6) is 17.5 Å². The van der Waals surface area contributed by atoms with Crippen molar-refractivity contribution in [3.63, 3.8) is 0 Å². The second kappa shape index (κ2) is 8.76. The lowest BCUT2D eigenvalue weighted by Gasteiger charge is -2.09. The Hall–Kier alpha value is -3.75. The molecule has 28 heavy (non-hydrogen) atoms. The van der Waals surface area contributed by atoms with E-state index in [1.165, 1.54) is 0 Å². The van der Waals surface area contributed by atoms with Crippen molar-refractivity contribution in [1.29, 1.82) is 0 Å². The van der Waals surface area contributed by atoms with E-state index in [0.717, 1.165) is 16.9 Å². The monoisotopic (exact) mass is 383 g/mol. The van der Waals surface area contributed by atoms with Crippen molar-refractivity contribution in [2.24, 2.45) is 5.73 Å². The van der Waals surface area contributed by atoms with E-state index in [9.17, 15) is 4.79 Å². The smallest absolute Gasteiger partial charge is 0.312 e. The lowest BCUT2D eigenvalue weighted by molar-refractivity contribution is 0.244. The number of nitrogens with one attached hydrogen (secondary N) is 1. The van der Waals surface area contributed by atoms with E-state index in [-0.39, 0.29) is 0 Å². The van der Waals surface area contributed by atoms with Gasteiger partial charge in [0, 0.05) is 17.7 Å². The molecule has 3 rings (SSSR count). The van der Waals surface area contributed by atoms with E-state index >= 15 is 0 Å². The summed E-state index contributed by atoms with van der Waals surface area (Å²) in [5, 5.41) is 6.93. The molecule has 2 amide bonds. The number of benzene rings is 1. The number of ether oxygens (including phenoxy) is 3. The van der Waals surface area contributed by atoms with Gasteiger partial charge >= 0.3 is 6.03 Å². The van der Waals surface area contributed by atoms with Crippen molar-refractivity contribution in [3.8, 4) is 34.5 Å². The molecule has 0 spiro atoms. The van der Waals surface area contributed by atoms with E-state index in [1.807, 2.05) is 36.4 Å². The zero-order chi connectivity index (χ0) is 19.9. The van der Waals surface area contributed by atoms with Crippen LogP contribution < -0.4 is 25.3 Å². The van der Waals surface area contributed by atoms with Crippen molar-refractivity contribution < 1.29 is 19.0 Å². The molecule has 0 radical (unpaired) electrons. The second-order valence-electron chi connectivity index (χ2n) is 5.71. The quantitative estimate of drug-likeness (QED) is 0.575. The van der Waals surface area contributed by atoms with E-state index < -0.39 is 6.03 Å². The lowest BCUT2D eigenvalue weighted by atomic mass is 10.1. The highest BCUT2D eigenvalue weighted by molar-refractivity contribution is 5.71. The average Bonchev–Trinajstić information content (AvgIpc) is 3.16. The largest absolute Gasteiger partial charge is 0.492 e. The molecule has 1 aromatic carbocycles. The Kier molecular flexibility index (Phi) is 5.95. The number of hydrogen-bond acceptors (Lipinski definition) is 6. The predicted octanol–water partition coefficient (Wildman–Crippen LogP) is 2.00. The third-order valence-corrected chi connectivity index (χ3v) is 3.89. The van der Waals surface area contributed by atoms with Crippen LogP contribution in [0.4, 0.5) is 4.79 Å². The van der Waals surface area contributed by atoms with Gasteiger partial charge in [0.25, 0.3) is 0 Å². The number of aromatic nitrogens is 3. The summed E-state index contributed by atoms with van der Waals surface area (Å²) < 4.78 is 17.7. The maximum Gasteiger partial charge on any atom is 0.312 e. The number of nitrogens with two attached hydrogens (primary N) is 1. The number of carbonyl (C=O) groups is 1. The molecule has 2 heterocycles. The second-order valence-corrected chi connectivity index (χ2v) is 5.71. The van der Waals surface area contributed by atoms with Gasteiger partial charge in [0.2, 0.25) is 11.8 Å². The molecule has 9 nitrogen and oxygen atoms in total. The van der Waals surface area contributed by atoms with Crippen molar-refractivity contribution in [2.75, 3.05) is 27.4 Å². The van der Waals surface area contributed by atoms with Gasteiger partial charge in [0.05, 0.1) is 38.3 Å². The molecule has 146 valence electrons. The van der Waals surface area contributed by atoms with Gasteiger partial charge in [0.15, 0.2) is 0 Å². The molecule has 3 N–H and O–H groups in total. The Morgan fingerprint density at radius 3 is 2.46 bits per heavy atom. The first-order valence-corrected chi connectivity index (χ1v) is 8.51. The number of urea groups is 1. The molecule has 3 aromatic rings. The van der Waals surface area contributed by atoms with Crippen LogP contribution in [-0.4, -0.2) is 48.2 Å². The summed E-state index contributed by atoms with van der Waals surface area (Å²) >= 11 is 0. The van der Waals surface area contributed by atoms with Gasteiger partial charge in [-0.05, 0) is 30.3 Å². The van der Waals surface area contributed by atoms with E-state index in [1.54, 1.807) is 31.2 Å². The van der Waals surface area contributed by atoms with Crippen LogP contribution in [0.15, 0.2) is 48.7 Å². The fraction of sp³-hybridized carbons (Fsp3) is 0.211. The summed E-state index contributed by atoms with van der Waals surface area (Å²) in [5.74, 6) is 1.69. The first-order chi connectivity index (χ1) is 13.6. The average molecular weight is 383 g/mol. The fourth-order valence-corrected chi connectivity index (χ4v) is 2.55. The van der Waals surface area contributed by atoms with Crippen molar-refractivity contribution in [1.82, 2.24) is 20.1 Å². The molecule has 0 aliphatic heterocycles. The third-order valence-electron chi connectivity index (χ3n) is 3.89. The number of pyridine rings is 1. The number of carbonyl (C=O) groups excluding carboxylic acids is 1. The van der Waals surface area contributed by atoms with Crippen LogP contribution in [0.25, 0.3) is 16.9 Å². The third kappa shape index (κ3) is 4.50. The number of nitrogens with zero attached hydrogens (tertiary/aromatic N) is 3. The van der Waals surface area contributed by atoms with E-state index in [2.05, 4.69) is 15.4 Å². The highest BCUT2D eigenvalue weighted by atomic mass is 16.5. The number of hydrogen-bond donors (Lipinski definition) is 2. The van der Waals surface area contributed by atoms with Crippen LogP contribution in [0, 0.1) is 0 Å². The molecule has 0 aliphatic rings. The number of methoxy groups -OCH3 is 2. The van der Waals surface area contributed by atoms with Crippen molar-refractivity contribution >= 4 is 6.03 Å². The van der Waals surface area contributed by atoms with Gasteiger partial charge < -0.3 is 25.3 Å². The topological polar surface area (TPSA) is 114 Å². The molecular formula is C19H21N5O4. The van der Waals surface area contributed by atoms with Crippen molar-refractivity contribution in [2.45, 2.75) is 0 Å². The van der Waals surface area contributed by atoms with Crippen LogP contribution >= 0.6 is 0 Å². The Morgan fingerprint density at radius 2 is 1.86 bits per heavy atom. The standard InChI is InChI=1S/C19H21N5O4/c1-26-17-8-5-14(12-22-17)24-16(11-18(23-24)27-2)13-3-6-15(7-4-13)28-10-9-21-19(20)25/h3-8,11-12H,9-10H2,1-2H3,(H3,20,21,25). The minimum atomic E-state index is -0.575. The first kappa shape index (κ1) is 19.0. The van der Waals surface area contributed by atoms with Gasteiger partial charge in [0.1, 0.15) is 12.4 Å². The first-order valence-electron chi connectivity index (χ1n) is 8.51. The van der Waals surface area contributed by atoms with E-state index in [0.29, 0.717) is 30.7 Å². The number of amides is 2. The SMILES string of the molecule is COc1ccc(-n2nc(OC)cc2-c2ccc(OCCNC(N)=O)cc2)cn1. The van der Waals surface area contributed by atoms with E-state index in [4.69, 9.17) is 19.9 Å².